The second kappa shape index (κ2) is 5.31. The molecule has 23 heavy (non-hydrogen) atoms. The van der Waals surface area contributed by atoms with Crippen molar-refractivity contribution in [1.29, 1.82) is 0 Å². The number of rotatable bonds is 4. The number of carbonyl (C=O) groups is 2. The minimum absolute atomic E-state index is 0.0102. The number of benzene rings is 1. The summed E-state index contributed by atoms with van der Waals surface area (Å²) in [7, 11) is 0. The van der Waals surface area contributed by atoms with Gasteiger partial charge in [-0.2, -0.15) is 9.61 Å². The predicted octanol–water partition coefficient (Wildman–Crippen LogP) is 2.31. The number of hydrogen-bond acceptors (Lipinski definition) is 4. The largest absolute Gasteiger partial charge is 0.310 e. The third-order valence-corrected chi connectivity index (χ3v) is 3.88. The quantitative estimate of drug-likeness (QED) is 0.750. The van der Waals surface area contributed by atoms with Gasteiger partial charge in [-0.15, -0.1) is 0 Å². The molecule has 1 aliphatic rings. The lowest BCUT2D eigenvalue weighted by Gasteiger charge is -2.06. The lowest BCUT2D eigenvalue weighted by molar-refractivity contribution is -0.117. The van der Waals surface area contributed by atoms with Crippen molar-refractivity contribution >= 4 is 23.2 Å². The fraction of sp³-hybridized carbons (Fsp3) is 0.176. The third-order valence-electron chi connectivity index (χ3n) is 3.88. The van der Waals surface area contributed by atoms with E-state index in [0.717, 1.165) is 12.8 Å². The van der Waals surface area contributed by atoms with E-state index >= 15 is 0 Å². The van der Waals surface area contributed by atoms with Crippen molar-refractivity contribution in [2.45, 2.75) is 12.8 Å². The van der Waals surface area contributed by atoms with Crippen LogP contribution in [0.2, 0.25) is 0 Å². The molecule has 0 radical (unpaired) electrons. The van der Waals surface area contributed by atoms with Crippen molar-refractivity contribution < 1.29 is 9.59 Å². The average molecular weight is 306 g/mol. The predicted molar refractivity (Wildman–Crippen MR) is 84.2 cm³/mol. The summed E-state index contributed by atoms with van der Waals surface area (Å²) in [6.45, 7) is 0. The molecule has 3 aromatic rings. The van der Waals surface area contributed by atoms with Crippen LogP contribution in [-0.2, 0) is 4.79 Å². The highest BCUT2D eigenvalue weighted by Gasteiger charge is 2.30. The summed E-state index contributed by atoms with van der Waals surface area (Å²) in [5, 5.41) is 7.07. The van der Waals surface area contributed by atoms with Crippen LogP contribution in [0.3, 0.4) is 0 Å². The maximum atomic E-state index is 12.6. The normalized spacial score (nSPS) is 13.9. The van der Waals surface area contributed by atoms with Crippen molar-refractivity contribution in [3.63, 3.8) is 0 Å². The minimum atomic E-state index is -0.140. The number of carbonyl (C=O) groups excluding carboxylic acids is 2. The smallest absolute Gasteiger partial charge is 0.228 e. The van der Waals surface area contributed by atoms with Gasteiger partial charge < -0.3 is 5.32 Å². The zero-order chi connectivity index (χ0) is 15.8. The van der Waals surface area contributed by atoms with Crippen molar-refractivity contribution in [2.75, 3.05) is 5.32 Å². The second-order valence-corrected chi connectivity index (χ2v) is 5.58. The van der Waals surface area contributed by atoms with E-state index in [2.05, 4.69) is 15.4 Å². The van der Waals surface area contributed by atoms with Crippen LogP contribution in [0.4, 0.5) is 5.82 Å². The summed E-state index contributed by atoms with van der Waals surface area (Å²) < 4.78 is 1.50. The number of ketones is 1. The van der Waals surface area contributed by atoms with Crippen LogP contribution in [-0.4, -0.2) is 26.3 Å². The van der Waals surface area contributed by atoms with Crippen LogP contribution in [0.1, 0.15) is 28.8 Å². The first-order valence-corrected chi connectivity index (χ1v) is 7.47. The first kappa shape index (κ1) is 13.6. The highest BCUT2D eigenvalue weighted by molar-refractivity contribution is 6.12. The molecule has 2 heterocycles. The molecule has 1 fully saturated rings. The average Bonchev–Trinajstić information content (AvgIpc) is 3.35. The van der Waals surface area contributed by atoms with Gasteiger partial charge in [-0.25, -0.2) is 4.98 Å². The van der Waals surface area contributed by atoms with Crippen LogP contribution >= 0.6 is 0 Å². The molecule has 1 N–H and O–H groups in total. The van der Waals surface area contributed by atoms with E-state index in [9.17, 15) is 9.59 Å². The van der Waals surface area contributed by atoms with E-state index in [1.165, 1.54) is 10.7 Å². The van der Waals surface area contributed by atoms with Gasteiger partial charge in [-0.3, -0.25) is 9.59 Å². The summed E-state index contributed by atoms with van der Waals surface area (Å²) in [4.78, 5) is 28.8. The summed E-state index contributed by atoms with van der Waals surface area (Å²) in [5.74, 6) is 0.473. The molecule has 0 aliphatic heterocycles. The Morgan fingerprint density at radius 3 is 2.65 bits per heavy atom. The Balaban J connectivity index is 1.72. The van der Waals surface area contributed by atoms with Gasteiger partial charge in [0.05, 0.1) is 11.8 Å². The number of nitrogens with zero attached hydrogens (tertiary/aromatic N) is 3. The van der Waals surface area contributed by atoms with Crippen molar-refractivity contribution in [2.24, 2.45) is 5.92 Å². The van der Waals surface area contributed by atoms with Gasteiger partial charge in [0.15, 0.2) is 11.4 Å². The summed E-state index contributed by atoms with van der Waals surface area (Å²) in [5.41, 5.74) is 1.43. The fourth-order valence-electron chi connectivity index (χ4n) is 2.47. The Morgan fingerprint density at radius 2 is 1.91 bits per heavy atom. The van der Waals surface area contributed by atoms with Gasteiger partial charge in [0, 0.05) is 17.7 Å². The Hall–Kier alpha value is -3.02. The standard InChI is InChI=1S/C17H14N4O2/c22-15(11-4-2-1-3-5-11)13-10-19-21-14(8-9-18-16(13)21)20-17(23)12-6-7-12/h1-5,8-10,12H,6-7H2,(H,20,23). The molecule has 0 unspecified atom stereocenters. The molecule has 6 heteroatoms. The highest BCUT2D eigenvalue weighted by atomic mass is 16.2. The Kier molecular flexibility index (Phi) is 3.15. The fourth-order valence-corrected chi connectivity index (χ4v) is 2.47. The maximum absolute atomic E-state index is 12.6. The van der Waals surface area contributed by atoms with Crippen LogP contribution in [0.25, 0.3) is 5.65 Å². The maximum Gasteiger partial charge on any atom is 0.228 e. The molecule has 0 spiro atoms. The van der Waals surface area contributed by atoms with Crippen molar-refractivity contribution in [1.82, 2.24) is 14.6 Å². The number of amides is 1. The van der Waals surface area contributed by atoms with E-state index in [-0.39, 0.29) is 17.6 Å². The summed E-state index contributed by atoms with van der Waals surface area (Å²) >= 11 is 0. The zero-order valence-corrected chi connectivity index (χ0v) is 12.3. The number of fused-ring (bicyclic) bond motifs is 1. The molecular weight excluding hydrogens is 292 g/mol. The first-order valence-electron chi connectivity index (χ1n) is 7.47. The van der Waals surface area contributed by atoms with E-state index < -0.39 is 0 Å². The molecule has 1 aliphatic carbocycles. The minimum Gasteiger partial charge on any atom is -0.310 e. The number of aromatic nitrogens is 3. The second-order valence-electron chi connectivity index (χ2n) is 5.58. The summed E-state index contributed by atoms with van der Waals surface area (Å²) in [6.07, 6.45) is 4.92. The molecule has 6 nitrogen and oxygen atoms in total. The lowest BCUT2D eigenvalue weighted by Crippen LogP contribution is -2.16. The zero-order valence-electron chi connectivity index (χ0n) is 12.3. The van der Waals surface area contributed by atoms with Crippen LogP contribution in [0.5, 0.6) is 0 Å². The molecule has 1 amide bonds. The summed E-state index contributed by atoms with van der Waals surface area (Å²) in [6, 6.07) is 10.7. The van der Waals surface area contributed by atoms with Gasteiger partial charge in [0.1, 0.15) is 5.82 Å². The first-order chi connectivity index (χ1) is 11.2. The van der Waals surface area contributed by atoms with E-state index in [1.54, 1.807) is 24.4 Å². The van der Waals surface area contributed by atoms with Crippen molar-refractivity contribution in [3.05, 3.63) is 59.9 Å². The molecule has 114 valence electrons. The molecule has 0 bridgehead atoms. The lowest BCUT2D eigenvalue weighted by atomic mass is 10.1. The van der Waals surface area contributed by atoms with E-state index in [1.807, 2.05) is 18.2 Å². The van der Waals surface area contributed by atoms with E-state index in [4.69, 9.17) is 0 Å². The van der Waals surface area contributed by atoms with E-state index in [0.29, 0.717) is 22.6 Å². The molecule has 1 saturated carbocycles. The van der Waals surface area contributed by atoms with Crippen LogP contribution in [0, 0.1) is 5.92 Å². The van der Waals surface area contributed by atoms with Crippen LogP contribution in [0.15, 0.2) is 48.8 Å². The van der Waals surface area contributed by atoms with Gasteiger partial charge in [0.2, 0.25) is 5.91 Å². The number of nitrogens with one attached hydrogen (secondary N) is 1. The molecule has 1 aromatic carbocycles. The van der Waals surface area contributed by atoms with Crippen molar-refractivity contribution in [3.8, 4) is 0 Å². The van der Waals surface area contributed by atoms with Gasteiger partial charge in [-0.05, 0) is 18.9 Å². The molecule has 0 saturated heterocycles. The van der Waals surface area contributed by atoms with Gasteiger partial charge >= 0.3 is 0 Å². The monoisotopic (exact) mass is 306 g/mol. The number of hydrogen-bond donors (Lipinski definition) is 1. The third kappa shape index (κ3) is 2.48. The molecule has 2 aromatic heterocycles. The van der Waals surface area contributed by atoms with Crippen LogP contribution < -0.4 is 5.32 Å². The SMILES string of the molecule is O=C(c1ccccc1)c1cnn2c(NC(=O)C3CC3)ccnc12. The molecule has 4 rings (SSSR count). The Labute approximate surface area is 132 Å². The molecular formula is C17H14N4O2. The highest BCUT2D eigenvalue weighted by Crippen LogP contribution is 2.30. The number of anilines is 1. The Morgan fingerprint density at radius 1 is 1.13 bits per heavy atom. The topological polar surface area (TPSA) is 76.4 Å². The molecule has 0 atom stereocenters. The van der Waals surface area contributed by atoms with Gasteiger partial charge in [0.25, 0.3) is 0 Å². The Bertz CT molecular complexity index is 897. The van der Waals surface area contributed by atoms with Gasteiger partial charge in [-0.1, -0.05) is 30.3 Å².